The topological polar surface area (TPSA) is 44.4 Å². The zero-order valence-electron chi connectivity index (χ0n) is 10.2. The second-order valence-corrected chi connectivity index (χ2v) is 4.43. The second-order valence-electron chi connectivity index (χ2n) is 4.43. The third kappa shape index (κ3) is 3.18. The SMILES string of the molecule is CCNC(=O)C(C)N1CC(C)NCC1C. The Hall–Kier alpha value is -0.610. The van der Waals surface area contributed by atoms with E-state index >= 15 is 0 Å². The Labute approximate surface area is 92.4 Å². The van der Waals surface area contributed by atoms with Crippen LogP contribution in [0.25, 0.3) is 0 Å². The van der Waals surface area contributed by atoms with Gasteiger partial charge in [0.05, 0.1) is 6.04 Å². The fraction of sp³-hybridized carbons (Fsp3) is 0.909. The molecule has 0 bridgehead atoms. The molecule has 0 aliphatic carbocycles. The summed E-state index contributed by atoms with van der Waals surface area (Å²) in [6, 6.07) is 0.876. The van der Waals surface area contributed by atoms with Crippen molar-refractivity contribution in [3.05, 3.63) is 0 Å². The van der Waals surface area contributed by atoms with Crippen LogP contribution in [0, 0.1) is 0 Å². The van der Waals surface area contributed by atoms with Gasteiger partial charge in [-0.05, 0) is 27.7 Å². The molecule has 1 fully saturated rings. The number of carbonyl (C=O) groups is 1. The average molecular weight is 213 g/mol. The van der Waals surface area contributed by atoms with Crippen molar-refractivity contribution in [3.63, 3.8) is 0 Å². The van der Waals surface area contributed by atoms with Gasteiger partial charge in [-0.3, -0.25) is 9.69 Å². The van der Waals surface area contributed by atoms with Gasteiger partial charge in [0.15, 0.2) is 0 Å². The van der Waals surface area contributed by atoms with E-state index in [9.17, 15) is 4.79 Å². The molecule has 0 spiro atoms. The third-order valence-corrected chi connectivity index (χ3v) is 3.04. The van der Waals surface area contributed by atoms with Crippen LogP contribution in [0.5, 0.6) is 0 Å². The Bertz CT molecular complexity index is 220. The first kappa shape index (κ1) is 12.5. The molecule has 0 aromatic heterocycles. The van der Waals surface area contributed by atoms with Crippen LogP contribution in [0.2, 0.25) is 0 Å². The summed E-state index contributed by atoms with van der Waals surface area (Å²) < 4.78 is 0. The number of hydrogen-bond donors (Lipinski definition) is 2. The van der Waals surface area contributed by atoms with E-state index in [1.54, 1.807) is 0 Å². The van der Waals surface area contributed by atoms with Crippen molar-refractivity contribution < 1.29 is 4.79 Å². The molecule has 1 saturated heterocycles. The van der Waals surface area contributed by atoms with E-state index in [-0.39, 0.29) is 11.9 Å². The zero-order chi connectivity index (χ0) is 11.4. The third-order valence-electron chi connectivity index (χ3n) is 3.04. The van der Waals surface area contributed by atoms with Gasteiger partial charge in [-0.15, -0.1) is 0 Å². The Balaban J connectivity index is 2.56. The van der Waals surface area contributed by atoms with Gasteiger partial charge in [-0.2, -0.15) is 0 Å². The predicted octanol–water partition coefficient (Wildman–Crippen LogP) is 0.193. The Morgan fingerprint density at radius 3 is 2.87 bits per heavy atom. The van der Waals surface area contributed by atoms with E-state index in [2.05, 4.69) is 29.4 Å². The van der Waals surface area contributed by atoms with Crippen LogP contribution in [-0.4, -0.2) is 48.6 Å². The average Bonchev–Trinajstić information content (AvgIpc) is 2.21. The van der Waals surface area contributed by atoms with Crippen LogP contribution in [0.15, 0.2) is 0 Å². The smallest absolute Gasteiger partial charge is 0.237 e. The lowest BCUT2D eigenvalue weighted by molar-refractivity contribution is -0.127. The molecule has 15 heavy (non-hydrogen) atoms. The van der Waals surface area contributed by atoms with Gasteiger partial charge in [-0.1, -0.05) is 0 Å². The van der Waals surface area contributed by atoms with Crippen molar-refractivity contribution in [3.8, 4) is 0 Å². The largest absolute Gasteiger partial charge is 0.355 e. The minimum absolute atomic E-state index is 0.0236. The van der Waals surface area contributed by atoms with E-state index in [4.69, 9.17) is 0 Å². The monoisotopic (exact) mass is 213 g/mol. The Morgan fingerprint density at radius 2 is 2.27 bits per heavy atom. The quantitative estimate of drug-likeness (QED) is 0.703. The fourth-order valence-electron chi connectivity index (χ4n) is 2.06. The number of hydrogen-bond acceptors (Lipinski definition) is 3. The molecule has 1 heterocycles. The molecule has 0 aromatic carbocycles. The van der Waals surface area contributed by atoms with Crippen molar-refractivity contribution >= 4 is 5.91 Å². The highest BCUT2D eigenvalue weighted by Crippen LogP contribution is 2.11. The second kappa shape index (κ2) is 5.47. The van der Waals surface area contributed by atoms with Crippen molar-refractivity contribution in [2.75, 3.05) is 19.6 Å². The number of carbonyl (C=O) groups excluding carboxylic acids is 1. The molecule has 4 nitrogen and oxygen atoms in total. The molecule has 3 unspecified atom stereocenters. The molecule has 0 saturated carbocycles. The van der Waals surface area contributed by atoms with Crippen molar-refractivity contribution in [2.24, 2.45) is 0 Å². The van der Waals surface area contributed by atoms with Crippen LogP contribution in [0.3, 0.4) is 0 Å². The Morgan fingerprint density at radius 1 is 1.60 bits per heavy atom. The maximum Gasteiger partial charge on any atom is 0.237 e. The summed E-state index contributed by atoms with van der Waals surface area (Å²) in [5, 5.41) is 6.29. The maximum absolute atomic E-state index is 11.7. The normalized spacial score (nSPS) is 29.9. The predicted molar refractivity (Wildman–Crippen MR) is 61.8 cm³/mol. The summed E-state index contributed by atoms with van der Waals surface area (Å²) in [7, 11) is 0. The molecule has 2 N–H and O–H groups in total. The number of likely N-dealkylation sites (N-methyl/N-ethyl adjacent to an activating group) is 1. The number of nitrogens with one attached hydrogen (secondary N) is 2. The summed E-state index contributed by atoms with van der Waals surface area (Å²) in [6.07, 6.45) is 0. The molecule has 0 radical (unpaired) electrons. The molecule has 1 amide bonds. The van der Waals surface area contributed by atoms with Gasteiger partial charge < -0.3 is 10.6 Å². The van der Waals surface area contributed by atoms with E-state index in [1.165, 1.54) is 0 Å². The number of nitrogens with zero attached hydrogens (tertiary/aromatic N) is 1. The minimum atomic E-state index is -0.0236. The molecule has 88 valence electrons. The van der Waals surface area contributed by atoms with Crippen molar-refractivity contribution in [1.82, 2.24) is 15.5 Å². The van der Waals surface area contributed by atoms with Crippen molar-refractivity contribution in [2.45, 2.75) is 45.8 Å². The molecule has 3 atom stereocenters. The summed E-state index contributed by atoms with van der Waals surface area (Å²) in [5.74, 6) is 0.137. The molecular formula is C11H23N3O. The first-order chi connectivity index (χ1) is 7.06. The lowest BCUT2D eigenvalue weighted by atomic mass is 10.1. The molecular weight excluding hydrogens is 190 g/mol. The van der Waals surface area contributed by atoms with Gasteiger partial charge in [-0.25, -0.2) is 0 Å². The minimum Gasteiger partial charge on any atom is -0.355 e. The summed E-state index contributed by atoms with van der Waals surface area (Å²) in [6.45, 7) is 10.9. The van der Waals surface area contributed by atoms with Gasteiger partial charge in [0.2, 0.25) is 5.91 Å². The highest BCUT2D eigenvalue weighted by atomic mass is 16.2. The van der Waals surface area contributed by atoms with Gasteiger partial charge in [0, 0.05) is 31.7 Å². The van der Waals surface area contributed by atoms with Crippen LogP contribution < -0.4 is 10.6 Å². The number of amides is 1. The summed E-state index contributed by atoms with van der Waals surface area (Å²) in [5.41, 5.74) is 0. The maximum atomic E-state index is 11.7. The van der Waals surface area contributed by atoms with Crippen LogP contribution in [0.4, 0.5) is 0 Å². The zero-order valence-corrected chi connectivity index (χ0v) is 10.2. The Kier molecular flexibility index (Phi) is 4.54. The first-order valence-electron chi connectivity index (χ1n) is 5.83. The van der Waals surface area contributed by atoms with Crippen molar-refractivity contribution in [1.29, 1.82) is 0 Å². The van der Waals surface area contributed by atoms with E-state index in [0.29, 0.717) is 18.6 Å². The number of rotatable bonds is 3. The fourth-order valence-corrected chi connectivity index (χ4v) is 2.06. The lowest BCUT2D eigenvalue weighted by Gasteiger charge is -2.40. The lowest BCUT2D eigenvalue weighted by Crippen LogP contribution is -2.59. The van der Waals surface area contributed by atoms with Gasteiger partial charge in [0.25, 0.3) is 0 Å². The van der Waals surface area contributed by atoms with Crippen LogP contribution >= 0.6 is 0 Å². The molecule has 1 aliphatic heterocycles. The molecule has 1 rings (SSSR count). The van der Waals surface area contributed by atoms with E-state index < -0.39 is 0 Å². The molecule has 0 aromatic rings. The summed E-state index contributed by atoms with van der Waals surface area (Å²) >= 11 is 0. The summed E-state index contributed by atoms with van der Waals surface area (Å²) in [4.78, 5) is 14.0. The van der Waals surface area contributed by atoms with Gasteiger partial charge >= 0.3 is 0 Å². The van der Waals surface area contributed by atoms with E-state index in [0.717, 1.165) is 13.1 Å². The molecule has 4 heteroatoms. The standard InChI is InChI=1S/C11H23N3O/c1-5-12-11(15)10(4)14-7-8(2)13-6-9(14)3/h8-10,13H,5-7H2,1-4H3,(H,12,15). The van der Waals surface area contributed by atoms with Crippen LogP contribution in [-0.2, 0) is 4.79 Å². The molecule has 1 aliphatic rings. The van der Waals surface area contributed by atoms with Crippen LogP contribution in [0.1, 0.15) is 27.7 Å². The highest BCUT2D eigenvalue weighted by molar-refractivity contribution is 5.81. The first-order valence-corrected chi connectivity index (χ1v) is 5.83. The number of piperazine rings is 1. The highest BCUT2D eigenvalue weighted by Gasteiger charge is 2.29. The van der Waals surface area contributed by atoms with Gasteiger partial charge in [0.1, 0.15) is 0 Å². The van der Waals surface area contributed by atoms with E-state index in [1.807, 2.05) is 13.8 Å².